The summed E-state index contributed by atoms with van der Waals surface area (Å²) < 4.78 is 10.4. The van der Waals surface area contributed by atoms with Gasteiger partial charge in [0.15, 0.2) is 0 Å². The number of carbonyl (C=O) groups excluding carboxylic acids is 1. The third kappa shape index (κ3) is 6.15. The Bertz CT molecular complexity index is 908. The van der Waals surface area contributed by atoms with Crippen molar-refractivity contribution in [2.75, 3.05) is 20.3 Å². The largest absolute Gasteiger partial charge is 0.494 e. The van der Waals surface area contributed by atoms with E-state index in [1.165, 1.54) is 7.11 Å². The number of nitrogens with one attached hydrogen (secondary N) is 1. The molecule has 0 fully saturated rings. The van der Waals surface area contributed by atoms with Crippen molar-refractivity contribution in [3.63, 3.8) is 0 Å². The summed E-state index contributed by atoms with van der Waals surface area (Å²) in [6.07, 6.45) is 1.67. The zero-order chi connectivity index (χ0) is 20.5. The number of nitrogens with zero attached hydrogens (tertiary/aromatic N) is 3. The maximum atomic E-state index is 11.1. The van der Waals surface area contributed by atoms with E-state index in [0.717, 1.165) is 41.2 Å². The van der Waals surface area contributed by atoms with Gasteiger partial charge >= 0.3 is 5.97 Å². The van der Waals surface area contributed by atoms with E-state index in [0.29, 0.717) is 13.2 Å². The first-order chi connectivity index (χ1) is 14.2. The third-order valence-electron chi connectivity index (χ3n) is 4.44. The van der Waals surface area contributed by atoms with Crippen molar-refractivity contribution in [2.24, 2.45) is 0 Å². The van der Waals surface area contributed by atoms with Crippen LogP contribution in [0.1, 0.15) is 23.4 Å². The smallest absolute Gasteiger partial charge is 0.319 e. The number of benzene rings is 2. The van der Waals surface area contributed by atoms with Gasteiger partial charge in [-0.05, 0) is 49.6 Å². The summed E-state index contributed by atoms with van der Waals surface area (Å²) in [5.41, 5.74) is 3.97. The van der Waals surface area contributed by atoms with E-state index < -0.39 is 0 Å². The molecule has 0 aliphatic carbocycles. The van der Waals surface area contributed by atoms with Crippen LogP contribution in [-0.2, 0) is 22.5 Å². The van der Waals surface area contributed by atoms with Gasteiger partial charge in [-0.1, -0.05) is 30.3 Å². The fraction of sp³-hybridized carbons (Fsp3) is 0.318. The van der Waals surface area contributed by atoms with Crippen molar-refractivity contribution in [2.45, 2.75) is 26.3 Å². The number of aromatic nitrogens is 3. The van der Waals surface area contributed by atoms with Gasteiger partial charge in [-0.2, -0.15) is 15.0 Å². The normalized spacial score (nSPS) is 10.7. The zero-order valence-electron chi connectivity index (χ0n) is 16.8. The molecule has 0 bridgehead atoms. The summed E-state index contributed by atoms with van der Waals surface area (Å²) in [7, 11) is 1.38. The third-order valence-corrected chi connectivity index (χ3v) is 4.44. The quantitative estimate of drug-likeness (QED) is 0.421. The minimum atomic E-state index is -0.274. The van der Waals surface area contributed by atoms with Crippen LogP contribution in [0.2, 0.25) is 0 Å². The number of carbonyl (C=O) groups is 1. The maximum absolute atomic E-state index is 11.1. The van der Waals surface area contributed by atoms with Gasteiger partial charge in [-0.15, -0.1) is 0 Å². The Morgan fingerprint density at radius 1 is 1.07 bits per heavy atom. The van der Waals surface area contributed by atoms with Crippen molar-refractivity contribution in [3.8, 4) is 11.4 Å². The number of esters is 1. The Kier molecular flexibility index (Phi) is 7.35. The van der Waals surface area contributed by atoms with Crippen molar-refractivity contribution < 1.29 is 14.3 Å². The fourth-order valence-electron chi connectivity index (χ4n) is 2.83. The van der Waals surface area contributed by atoms with Gasteiger partial charge in [0.1, 0.15) is 5.75 Å². The van der Waals surface area contributed by atoms with E-state index >= 15 is 0 Å². The first kappa shape index (κ1) is 20.5. The van der Waals surface area contributed by atoms with E-state index in [4.69, 9.17) is 4.74 Å². The van der Waals surface area contributed by atoms with Crippen LogP contribution < -0.4 is 10.1 Å². The Labute approximate surface area is 170 Å². The molecule has 7 nitrogen and oxygen atoms in total. The lowest BCUT2D eigenvalue weighted by Gasteiger charge is -2.07. The molecule has 0 radical (unpaired) electrons. The maximum Gasteiger partial charge on any atom is 0.319 e. The van der Waals surface area contributed by atoms with Gasteiger partial charge in [0, 0.05) is 6.54 Å². The highest BCUT2D eigenvalue weighted by Crippen LogP contribution is 2.14. The summed E-state index contributed by atoms with van der Waals surface area (Å²) in [6.45, 7) is 3.39. The summed E-state index contributed by atoms with van der Waals surface area (Å²) in [6, 6.07) is 17.7. The van der Waals surface area contributed by atoms with Crippen molar-refractivity contribution in [3.05, 3.63) is 71.5 Å². The minimum Gasteiger partial charge on any atom is -0.494 e. The summed E-state index contributed by atoms with van der Waals surface area (Å²) >= 11 is 0. The van der Waals surface area contributed by atoms with Gasteiger partial charge in [0.2, 0.25) is 0 Å². The van der Waals surface area contributed by atoms with Gasteiger partial charge < -0.3 is 14.8 Å². The number of para-hydroxylation sites is 1. The van der Waals surface area contributed by atoms with Crippen molar-refractivity contribution >= 4 is 5.97 Å². The highest BCUT2D eigenvalue weighted by atomic mass is 16.5. The van der Waals surface area contributed by atoms with Gasteiger partial charge in [-0.25, -0.2) is 0 Å². The van der Waals surface area contributed by atoms with Crippen molar-refractivity contribution in [1.82, 2.24) is 20.3 Å². The second-order valence-corrected chi connectivity index (χ2v) is 6.63. The van der Waals surface area contributed by atoms with Crippen LogP contribution >= 0.6 is 0 Å². The minimum absolute atomic E-state index is 0.197. The van der Waals surface area contributed by atoms with E-state index in [1.54, 1.807) is 4.80 Å². The van der Waals surface area contributed by atoms with Crippen LogP contribution in [0.3, 0.4) is 0 Å². The lowest BCUT2D eigenvalue weighted by atomic mass is 10.2. The summed E-state index contributed by atoms with van der Waals surface area (Å²) in [4.78, 5) is 12.8. The molecular weight excluding hydrogens is 368 g/mol. The Hall–Kier alpha value is -3.19. The lowest BCUT2D eigenvalue weighted by molar-refractivity contribution is -0.139. The number of hydrogen-bond acceptors (Lipinski definition) is 6. The SMILES string of the molecule is COC(=O)CNCc1ccc(OCCCc2nn(-c3ccccc3)nc2C)cc1. The molecule has 1 heterocycles. The molecule has 7 heteroatoms. The summed E-state index contributed by atoms with van der Waals surface area (Å²) in [5, 5.41) is 12.1. The number of ether oxygens (including phenoxy) is 2. The van der Waals surface area contributed by atoms with E-state index in [1.807, 2.05) is 61.5 Å². The molecule has 0 aliphatic rings. The van der Waals surface area contributed by atoms with Crippen LogP contribution in [0.4, 0.5) is 0 Å². The second kappa shape index (κ2) is 10.4. The predicted molar refractivity (Wildman–Crippen MR) is 110 cm³/mol. The van der Waals surface area contributed by atoms with Crippen LogP contribution in [0.5, 0.6) is 5.75 Å². The molecule has 0 unspecified atom stereocenters. The van der Waals surface area contributed by atoms with Crippen molar-refractivity contribution in [1.29, 1.82) is 0 Å². The number of hydrogen-bond donors (Lipinski definition) is 1. The first-order valence-corrected chi connectivity index (χ1v) is 9.63. The molecule has 0 spiro atoms. The van der Waals surface area contributed by atoms with Crippen LogP contribution in [0, 0.1) is 6.92 Å². The molecule has 0 saturated carbocycles. The molecule has 3 aromatic rings. The van der Waals surface area contributed by atoms with Gasteiger partial charge in [0.25, 0.3) is 0 Å². The number of methoxy groups -OCH3 is 1. The Morgan fingerprint density at radius 2 is 1.83 bits per heavy atom. The van der Waals surface area contributed by atoms with Crippen LogP contribution in [0.25, 0.3) is 5.69 Å². The molecule has 0 amide bonds. The van der Waals surface area contributed by atoms with Gasteiger partial charge in [0.05, 0.1) is 37.3 Å². The number of rotatable bonds is 10. The molecule has 1 aromatic heterocycles. The Morgan fingerprint density at radius 3 is 2.55 bits per heavy atom. The average molecular weight is 394 g/mol. The Balaban J connectivity index is 1.41. The molecule has 0 saturated heterocycles. The highest BCUT2D eigenvalue weighted by molar-refractivity contribution is 5.71. The van der Waals surface area contributed by atoms with E-state index in [2.05, 4.69) is 20.3 Å². The molecule has 29 heavy (non-hydrogen) atoms. The topological polar surface area (TPSA) is 78.3 Å². The lowest BCUT2D eigenvalue weighted by Crippen LogP contribution is -2.23. The van der Waals surface area contributed by atoms with Crippen LogP contribution in [-0.4, -0.2) is 41.2 Å². The predicted octanol–water partition coefficient (Wildman–Crippen LogP) is 2.85. The molecule has 3 rings (SSSR count). The monoisotopic (exact) mass is 394 g/mol. The molecule has 1 N–H and O–H groups in total. The molecule has 2 aromatic carbocycles. The standard InChI is InChI=1S/C22H26N4O3/c1-17-21(25-26(24-17)19-7-4-3-5-8-19)9-6-14-29-20-12-10-18(11-13-20)15-23-16-22(27)28-2/h3-5,7-8,10-13,23H,6,9,14-16H2,1-2H3. The second-order valence-electron chi connectivity index (χ2n) is 6.63. The average Bonchev–Trinajstić information content (AvgIpc) is 3.13. The first-order valence-electron chi connectivity index (χ1n) is 9.63. The van der Waals surface area contributed by atoms with Gasteiger partial charge in [-0.3, -0.25) is 4.79 Å². The molecular formula is C22H26N4O3. The van der Waals surface area contributed by atoms with E-state index in [-0.39, 0.29) is 12.5 Å². The van der Waals surface area contributed by atoms with Crippen LogP contribution in [0.15, 0.2) is 54.6 Å². The fourth-order valence-corrected chi connectivity index (χ4v) is 2.83. The van der Waals surface area contributed by atoms with E-state index in [9.17, 15) is 4.79 Å². The molecule has 0 aliphatic heterocycles. The molecule has 152 valence electrons. The highest BCUT2D eigenvalue weighted by Gasteiger charge is 2.08. The number of aryl methyl sites for hydroxylation is 2. The zero-order valence-corrected chi connectivity index (χ0v) is 16.8. The molecule has 0 atom stereocenters. The summed E-state index contributed by atoms with van der Waals surface area (Å²) in [5.74, 6) is 0.551.